The lowest BCUT2D eigenvalue weighted by Crippen LogP contribution is -2.22. The lowest BCUT2D eigenvalue weighted by atomic mass is 10.2. The minimum Gasteiger partial charge on any atom is -0.348 e. The van der Waals surface area contributed by atoms with Crippen LogP contribution >= 0.6 is 0 Å². The largest absolute Gasteiger partial charge is 0.348 e. The summed E-state index contributed by atoms with van der Waals surface area (Å²) >= 11 is 0. The smallest absolute Gasteiger partial charge is 0.284 e. The average Bonchev–Trinajstić information content (AvgIpc) is 3.48. The van der Waals surface area contributed by atoms with Crippen molar-refractivity contribution in [3.05, 3.63) is 89.7 Å². The first-order valence-corrected chi connectivity index (χ1v) is 11.5. The summed E-state index contributed by atoms with van der Waals surface area (Å²) in [6.07, 6.45) is 6.85. The van der Waals surface area contributed by atoms with Gasteiger partial charge < -0.3 is 9.88 Å². The molecule has 10 nitrogen and oxygen atoms in total. The topological polar surface area (TPSA) is 108 Å². The maximum atomic E-state index is 13.6. The number of para-hydroxylation sites is 1. The van der Waals surface area contributed by atoms with Gasteiger partial charge in [0.1, 0.15) is 5.39 Å². The first-order chi connectivity index (χ1) is 17.7. The molecule has 0 bridgehead atoms. The molecule has 0 amide bonds. The number of anilines is 2. The van der Waals surface area contributed by atoms with E-state index in [-0.39, 0.29) is 5.56 Å². The van der Waals surface area contributed by atoms with Gasteiger partial charge in [-0.05, 0) is 49.4 Å². The van der Waals surface area contributed by atoms with Gasteiger partial charge >= 0.3 is 0 Å². The van der Waals surface area contributed by atoms with E-state index < -0.39 is 0 Å². The van der Waals surface area contributed by atoms with E-state index in [0.29, 0.717) is 28.6 Å². The standard InChI is InChI=1S/C26H19N9O/c1-2-33-13-10-16-14-17(8-9-20(16)33)30-25-29-15-19-22(32-25)31-23-18-6-3-4-7-21(18)34(35(23)24(19)36)26-27-11-5-12-28-26/h3-15H,2H2,1H3,(H,29,30,32). The predicted octanol–water partition coefficient (Wildman–Crippen LogP) is 4.09. The number of aromatic nitrogens is 8. The molecular weight excluding hydrogens is 454 g/mol. The molecule has 0 saturated heterocycles. The Kier molecular flexibility index (Phi) is 4.34. The number of nitrogens with zero attached hydrogens (tertiary/aromatic N) is 8. The Morgan fingerprint density at radius 1 is 0.889 bits per heavy atom. The zero-order chi connectivity index (χ0) is 24.2. The first kappa shape index (κ1) is 20.3. The Balaban J connectivity index is 1.40. The Morgan fingerprint density at radius 2 is 1.75 bits per heavy atom. The summed E-state index contributed by atoms with van der Waals surface area (Å²) < 4.78 is 5.33. The quantitative estimate of drug-likeness (QED) is 0.410. The number of fused-ring (bicyclic) bond motifs is 5. The fourth-order valence-electron chi connectivity index (χ4n) is 4.62. The Morgan fingerprint density at radius 3 is 2.61 bits per heavy atom. The van der Waals surface area contributed by atoms with Crippen molar-refractivity contribution in [1.29, 1.82) is 0 Å². The molecule has 0 aliphatic rings. The monoisotopic (exact) mass is 473 g/mol. The van der Waals surface area contributed by atoms with Gasteiger partial charge in [0.25, 0.3) is 5.56 Å². The highest BCUT2D eigenvalue weighted by molar-refractivity contribution is 5.95. The van der Waals surface area contributed by atoms with Gasteiger partial charge in [-0.1, -0.05) is 12.1 Å². The molecule has 2 aromatic carbocycles. The van der Waals surface area contributed by atoms with Crippen molar-refractivity contribution in [2.24, 2.45) is 0 Å². The van der Waals surface area contributed by atoms with Crippen LogP contribution in [0, 0.1) is 0 Å². The van der Waals surface area contributed by atoms with Gasteiger partial charge in [0.15, 0.2) is 11.3 Å². The van der Waals surface area contributed by atoms with Gasteiger partial charge in [-0.3, -0.25) is 4.79 Å². The molecular formula is C26H19N9O. The minimum absolute atomic E-state index is 0.299. The first-order valence-electron chi connectivity index (χ1n) is 11.5. The van der Waals surface area contributed by atoms with Crippen LogP contribution in [0.3, 0.4) is 0 Å². The van der Waals surface area contributed by atoms with E-state index in [1.54, 1.807) is 23.1 Å². The maximum Gasteiger partial charge on any atom is 0.284 e. The zero-order valence-electron chi connectivity index (χ0n) is 19.2. The summed E-state index contributed by atoms with van der Waals surface area (Å²) in [4.78, 5) is 36.1. The number of hydrogen-bond donors (Lipinski definition) is 1. The third-order valence-electron chi connectivity index (χ3n) is 6.29. The second-order valence-corrected chi connectivity index (χ2v) is 8.36. The van der Waals surface area contributed by atoms with Gasteiger partial charge in [0, 0.05) is 53.3 Å². The molecule has 5 aromatic heterocycles. The molecule has 0 fully saturated rings. The molecule has 0 unspecified atom stereocenters. The van der Waals surface area contributed by atoms with Crippen molar-refractivity contribution in [3.63, 3.8) is 0 Å². The van der Waals surface area contributed by atoms with Crippen LogP contribution in [0.15, 0.2) is 84.2 Å². The number of hydrogen-bond acceptors (Lipinski definition) is 7. The molecule has 0 saturated carbocycles. The van der Waals surface area contributed by atoms with Crippen LogP contribution in [-0.2, 0) is 6.54 Å². The van der Waals surface area contributed by atoms with Crippen LogP contribution in [0.25, 0.3) is 44.4 Å². The average molecular weight is 474 g/mol. The third kappa shape index (κ3) is 2.97. The molecule has 0 radical (unpaired) electrons. The maximum absolute atomic E-state index is 13.6. The lowest BCUT2D eigenvalue weighted by molar-refractivity contribution is 0.747. The molecule has 7 aromatic rings. The normalized spacial score (nSPS) is 11.7. The fraction of sp³-hybridized carbons (Fsp3) is 0.0769. The van der Waals surface area contributed by atoms with E-state index in [0.717, 1.165) is 28.5 Å². The van der Waals surface area contributed by atoms with Crippen LogP contribution in [-0.4, -0.2) is 38.7 Å². The highest BCUT2D eigenvalue weighted by atomic mass is 16.1. The van der Waals surface area contributed by atoms with Crippen molar-refractivity contribution in [3.8, 4) is 5.95 Å². The summed E-state index contributed by atoms with van der Waals surface area (Å²) in [5, 5.41) is 5.46. The fourth-order valence-corrected chi connectivity index (χ4v) is 4.62. The predicted molar refractivity (Wildman–Crippen MR) is 138 cm³/mol. The second-order valence-electron chi connectivity index (χ2n) is 8.36. The van der Waals surface area contributed by atoms with E-state index in [9.17, 15) is 4.79 Å². The lowest BCUT2D eigenvalue weighted by Gasteiger charge is -2.08. The van der Waals surface area contributed by atoms with Crippen molar-refractivity contribution in [1.82, 2.24) is 38.7 Å². The van der Waals surface area contributed by atoms with Crippen LogP contribution in [0.5, 0.6) is 0 Å². The third-order valence-corrected chi connectivity index (χ3v) is 6.29. The van der Waals surface area contributed by atoms with Gasteiger partial charge in [-0.15, -0.1) is 0 Å². The summed E-state index contributed by atoms with van der Waals surface area (Å²) in [6.45, 7) is 3.03. The molecule has 174 valence electrons. The highest BCUT2D eigenvalue weighted by Gasteiger charge is 2.19. The number of rotatable bonds is 4. The number of nitrogens with one attached hydrogen (secondary N) is 1. The summed E-state index contributed by atoms with van der Waals surface area (Å²) in [5.74, 6) is 0.738. The Labute approximate surface area is 203 Å². The Bertz CT molecular complexity index is 1990. The summed E-state index contributed by atoms with van der Waals surface area (Å²) in [7, 11) is 0. The van der Waals surface area contributed by atoms with Crippen molar-refractivity contribution >= 4 is 50.1 Å². The van der Waals surface area contributed by atoms with E-state index in [1.165, 1.54) is 16.2 Å². The molecule has 0 aliphatic carbocycles. The molecule has 5 heterocycles. The van der Waals surface area contributed by atoms with Gasteiger partial charge in [-0.2, -0.15) is 9.50 Å². The molecule has 7 rings (SSSR count). The van der Waals surface area contributed by atoms with Gasteiger partial charge in [0.05, 0.1) is 5.52 Å². The minimum atomic E-state index is -0.299. The van der Waals surface area contributed by atoms with E-state index in [2.05, 4.69) is 55.1 Å². The van der Waals surface area contributed by atoms with Gasteiger partial charge in [-0.25, -0.2) is 24.6 Å². The number of aryl methyl sites for hydroxylation is 1. The second kappa shape index (κ2) is 7.70. The molecule has 0 spiro atoms. The SMILES string of the molecule is CCn1ccc2cc(Nc3ncc4c(=O)n5c(nc4n3)c3ccccc3n5-c3ncccn3)ccc21. The zero-order valence-corrected chi connectivity index (χ0v) is 19.2. The Hall–Kier alpha value is -5.12. The van der Waals surface area contributed by atoms with Crippen LogP contribution in [0.4, 0.5) is 11.6 Å². The highest BCUT2D eigenvalue weighted by Crippen LogP contribution is 2.25. The van der Waals surface area contributed by atoms with E-state index >= 15 is 0 Å². The molecule has 0 atom stereocenters. The number of benzene rings is 2. The van der Waals surface area contributed by atoms with E-state index in [1.807, 2.05) is 36.4 Å². The van der Waals surface area contributed by atoms with Crippen LogP contribution in [0.2, 0.25) is 0 Å². The van der Waals surface area contributed by atoms with E-state index in [4.69, 9.17) is 4.98 Å². The van der Waals surface area contributed by atoms with Crippen LogP contribution in [0.1, 0.15) is 6.92 Å². The van der Waals surface area contributed by atoms with Crippen molar-refractivity contribution in [2.75, 3.05) is 5.32 Å². The molecule has 10 heteroatoms. The van der Waals surface area contributed by atoms with Gasteiger partial charge in [0.2, 0.25) is 11.9 Å². The van der Waals surface area contributed by atoms with Crippen molar-refractivity contribution < 1.29 is 0 Å². The summed E-state index contributed by atoms with van der Waals surface area (Å²) in [6, 6.07) is 17.5. The molecule has 36 heavy (non-hydrogen) atoms. The van der Waals surface area contributed by atoms with Crippen LogP contribution < -0.4 is 10.9 Å². The molecule has 0 aliphatic heterocycles. The summed E-state index contributed by atoms with van der Waals surface area (Å²) in [5.41, 5.74) is 3.27. The van der Waals surface area contributed by atoms with Crippen molar-refractivity contribution in [2.45, 2.75) is 13.5 Å². The molecule has 1 N–H and O–H groups in total.